The number of amides is 1. The minimum atomic E-state index is -0.868. The summed E-state index contributed by atoms with van der Waals surface area (Å²) in [6.45, 7) is 3.70. The van der Waals surface area contributed by atoms with E-state index in [1.54, 1.807) is 11.1 Å². The van der Waals surface area contributed by atoms with Crippen LogP contribution >= 0.6 is 0 Å². The van der Waals surface area contributed by atoms with Gasteiger partial charge in [0.05, 0.1) is 18.7 Å². The number of aliphatic carboxylic acids is 1. The van der Waals surface area contributed by atoms with Gasteiger partial charge < -0.3 is 10.4 Å². The summed E-state index contributed by atoms with van der Waals surface area (Å²) in [5.41, 5.74) is 0.823. The fourth-order valence-corrected chi connectivity index (χ4v) is 1.85. The van der Waals surface area contributed by atoms with Crippen molar-refractivity contribution in [2.45, 2.75) is 32.7 Å². The van der Waals surface area contributed by atoms with Crippen LogP contribution in [0.15, 0.2) is 24.4 Å². The predicted octanol–water partition coefficient (Wildman–Crippen LogP) is 1.27. The molecule has 6 heteroatoms. The third kappa shape index (κ3) is 8.04. The lowest BCUT2D eigenvalue weighted by molar-refractivity contribution is -0.137. The number of nitrogens with one attached hydrogen (secondary N) is 1. The lowest BCUT2D eigenvalue weighted by Gasteiger charge is -2.20. The highest BCUT2D eigenvalue weighted by atomic mass is 16.4. The molecule has 116 valence electrons. The van der Waals surface area contributed by atoms with Crippen LogP contribution in [0, 0.1) is 0 Å². The van der Waals surface area contributed by atoms with Gasteiger partial charge in [-0.15, -0.1) is 0 Å². The number of carbonyl (C=O) groups is 2. The number of aromatic nitrogens is 1. The molecular weight excluding hydrogens is 270 g/mol. The summed E-state index contributed by atoms with van der Waals surface area (Å²) in [5.74, 6) is -0.947. The van der Waals surface area contributed by atoms with E-state index in [4.69, 9.17) is 5.11 Å². The molecule has 1 amide bonds. The first-order chi connectivity index (χ1) is 10.1. The minimum absolute atomic E-state index is 0.00900. The van der Waals surface area contributed by atoms with Crippen molar-refractivity contribution in [3.05, 3.63) is 30.1 Å². The number of hydrogen-bond donors (Lipinski definition) is 2. The van der Waals surface area contributed by atoms with E-state index < -0.39 is 5.97 Å². The monoisotopic (exact) mass is 293 g/mol. The van der Waals surface area contributed by atoms with Crippen molar-refractivity contribution >= 4 is 11.9 Å². The normalized spacial score (nSPS) is 10.6. The summed E-state index contributed by atoms with van der Waals surface area (Å²) >= 11 is 0. The van der Waals surface area contributed by atoms with Gasteiger partial charge in [-0.1, -0.05) is 19.4 Å². The van der Waals surface area contributed by atoms with Crippen molar-refractivity contribution in [1.29, 1.82) is 0 Å². The van der Waals surface area contributed by atoms with Crippen LogP contribution in [0.4, 0.5) is 0 Å². The Hall–Kier alpha value is -1.95. The quantitative estimate of drug-likeness (QED) is 0.635. The maximum absolute atomic E-state index is 11.8. The van der Waals surface area contributed by atoms with Crippen LogP contribution in [-0.4, -0.2) is 46.5 Å². The predicted molar refractivity (Wildman–Crippen MR) is 79.7 cm³/mol. The lowest BCUT2D eigenvalue weighted by atomic mass is 10.3. The zero-order valence-corrected chi connectivity index (χ0v) is 12.4. The number of pyridine rings is 1. The summed E-state index contributed by atoms with van der Waals surface area (Å²) in [6.07, 6.45) is 3.67. The van der Waals surface area contributed by atoms with Gasteiger partial charge in [-0.3, -0.25) is 19.5 Å². The average molecular weight is 293 g/mol. The summed E-state index contributed by atoms with van der Waals surface area (Å²) in [7, 11) is 0. The van der Waals surface area contributed by atoms with Gasteiger partial charge in [-0.25, -0.2) is 0 Å². The summed E-state index contributed by atoms with van der Waals surface area (Å²) < 4.78 is 0. The van der Waals surface area contributed by atoms with Crippen molar-refractivity contribution in [2.24, 2.45) is 0 Å². The molecule has 0 unspecified atom stereocenters. The maximum Gasteiger partial charge on any atom is 0.304 e. The SMILES string of the molecule is CCCCNC(=O)CN(CCC(=O)O)Cc1ccccn1. The van der Waals surface area contributed by atoms with Gasteiger partial charge in [0.15, 0.2) is 0 Å². The molecule has 6 nitrogen and oxygen atoms in total. The van der Waals surface area contributed by atoms with E-state index in [-0.39, 0.29) is 18.9 Å². The van der Waals surface area contributed by atoms with Gasteiger partial charge in [0.1, 0.15) is 0 Å². The number of hydrogen-bond acceptors (Lipinski definition) is 4. The second-order valence-electron chi connectivity index (χ2n) is 4.88. The third-order valence-corrected chi connectivity index (χ3v) is 2.97. The third-order valence-electron chi connectivity index (χ3n) is 2.97. The van der Waals surface area contributed by atoms with Crippen LogP contribution < -0.4 is 5.32 Å². The Bertz CT molecular complexity index is 437. The first-order valence-electron chi connectivity index (χ1n) is 7.22. The Kier molecular flexibility index (Phi) is 8.04. The number of carboxylic acid groups (broad SMARTS) is 1. The van der Waals surface area contributed by atoms with Crippen LogP contribution in [0.1, 0.15) is 31.9 Å². The van der Waals surface area contributed by atoms with Crippen LogP contribution in [0.3, 0.4) is 0 Å². The smallest absolute Gasteiger partial charge is 0.304 e. The topological polar surface area (TPSA) is 82.5 Å². The second-order valence-corrected chi connectivity index (χ2v) is 4.88. The standard InChI is InChI=1S/C15H23N3O3/c1-2-3-8-17-14(19)12-18(10-7-15(20)21)11-13-6-4-5-9-16-13/h4-6,9H,2-3,7-8,10-12H2,1H3,(H,17,19)(H,20,21). The van der Waals surface area contributed by atoms with E-state index in [9.17, 15) is 9.59 Å². The maximum atomic E-state index is 11.8. The first kappa shape index (κ1) is 17.1. The summed E-state index contributed by atoms with van der Waals surface area (Å²) in [6, 6.07) is 5.56. The molecule has 0 aliphatic rings. The van der Waals surface area contributed by atoms with Crippen molar-refractivity contribution in [3.63, 3.8) is 0 Å². The van der Waals surface area contributed by atoms with E-state index in [2.05, 4.69) is 17.2 Å². The molecule has 2 N–H and O–H groups in total. The van der Waals surface area contributed by atoms with E-state index in [0.29, 0.717) is 19.6 Å². The number of rotatable bonds is 10. The summed E-state index contributed by atoms with van der Waals surface area (Å²) in [5, 5.41) is 11.6. The minimum Gasteiger partial charge on any atom is -0.481 e. The van der Waals surface area contributed by atoms with Crippen LogP contribution in [0.25, 0.3) is 0 Å². The Labute approximate surface area is 125 Å². The highest BCUT2D eigenvalue weighted by molar-refractivity contribution is 5.78. The largest absolute Gasteiger partial charge is 0.481 e. The molecule has 0 fully saturated rings. The van der Waals surface area contributed by atoms with Crippen molar-refractivity contribution < 1.29 is 14.7 Å². The highest BCUT2D eigenvalue weighted by Crippen LogP contribution is 2.02. The van der Waals surface area contributed by atoms with E-state index in [1.165, 1.54) is 0 Å². The van der Waals surface area contributed by atoms with Gasteiger partial charge in [0.2, 0.25) is 5.91 Å². The number of carbonyl (C=O) groups excluding carboxylic acids is 1. The number of unbranched alkanes of at least 4 members (excludes halogenated alkanes) is 1. The first-order valence-corrected chi connectivity index (χ1v) is 7.22. The highest BCUT2D eigenvalue weighted by Gasteiger charge is 2.13. The zero-order chi connectivity index (χ0) is 15.5. The molecule has 1 heterocycles. The Morgan fingerprint density at radius 3 is 2.81 bits per heavy atom. The van der Waals surface area contributed by atoms with E-state index >= 15 is 0 Å². The van der Waals surface area contributed by atoms with Crippen LogP contribution in [0.2, 0.25) is 0 Å². The molecular formula is C15H23N3O3. The van der Waals surface area contributed by atoms with Gasteiger partial charge in [0.25, 0.3) is 0 Å². The molecule has 0 spiro atoms. The molecule has 1 aromatic rings. The van der Waals surface area contributed by atoms with Crippen molar-refractivity contribution in [2.75, 3.05) is 19.6 Å². The molecule has 0 radical (unpaired) electrons. The lowest BCUT2D eigenvalue weighted by Crippen LogP contribution is -2.38. The van der Waals surface area contributed by atoms with E-state index in [1.807, 2.05) is 18.2 Å². The Morgan fingerprint density at radius 2 is 2.19 bits per heavy atom. The fraction of sp³-hybridized carbons (Fsp3) is 0.533. The molecule has 0 saturated carbocycles. The van der Waals surface area contributed by atoms with Crippen LogP contribution in [-0.2, 0) is 16.1 Å². The molecule has 0 saturated heterocycles. The molecule has 21 heavy (non-hydrogen) atoms. The molecule has 0 aliphatic heterocycles. The zero-order valence-electron chi connectivity index (χ0n) is 12.4. The van der Waals surface area contributed by atoms with Crippen molar-refractivity contribution in [1.82, 2.24) is 15.2 Å². The van der Waals surface area contributed by atoms with Gasteiger partial charge in [-0.2, -0.15) is 0 Å². The number of nitrogens with zero attached hydrogens (tertiary/aromatic N) is 2. The molecule has 0 aromatic carbocycles. The van der Waals surface area contributed by atoms with Crippen LogP contribution in [0.5, 0.6) is 0 Å². The average Bonchev–Trinajstić information content (AvgIpc) is 2.46. The van der Waals surface area contributed by atoms with Crippen molar-refractivity contribution in [3.8, 4) is 0 Å². The molecule has 0 aliphatic carbocycles. The molecule has 0 bridgehead atoms. The van der Waals surface area contributed by atoms with Gasteiger partial charge >= 0.3 is 5.97 Å². The second kappa shape index (κ2) is 9.88. The molecule has 1 rings (SSSR count). The fourth-order valence-electron chi connectivity index (χ4n) is 1.85. The van der Waals surface area contributed by atoms with E-state index in [0.717, 1.165) is 18.5 Å². The Morgan fingerprint density at radius 1 is 1.38 bits per heavy atom. The molecule has 0 atom stereocenters. The Balaban J connectivity index is 2.51. The number of carboxylic acids is 1. The van der Waals surface area contributed by atoms with Gasteiger partial charge in [-0.05, 0) is 18.6 Å². The molecule has 1 aromatic heterocycles. The summed E-state index contributed by atoms with van der Waals surface area (Å²) in [4.78, 5) is 28.6. The van der Waals surface area contributed by atoms with Gasteiger partial charge in [0, 0.05) is 25.8 Å².